The number of carboxylic acid groups (broad SMARTS) is 1. The molecule has 1 aliphatic rings. The van der Waals surface area contributed by atoms with Gasteiger partial charge in [0, 0.05) is 25.8 Å². The standard InChI is InChI=1S/C14H26N2O4/c1-4-11(10(2)3)16-13(19)15-9-14(12(17)18)5-7-20-8-6-14/h10-11H,4-9H2,1-3H3,(H,17,18)(H2,15,16,19). The maximum Gasteiger partial charge on any atom is 0.315 e. The lowest BCUT2D eigenvalue weighted by Gasteiger charge is -2.33. The summed E-state index contributed by atoms with van der Waals surface area (Å²) in [6.07, 6.45) is 1.72. The second-order valence-electron chi connectivity index (χ2n) is 5.78. The lowest BCUT2D eigenvalue weighted by molar-refractivity contribution is -0.154. The molecule has 116 valence electrons. The Balaban J connectivity index is 2.51. The Morgan fingerprint density at radius 3 is 2.35 bits per heavy atom. The largest absolute Gasteiger partial charge is 0.481 e. The van der Waals surface area contributed by atoms with E-state index < -0.39 is 11.4 Å². The zero-order chi connectivity index (χ0) is 15.2. The van der Waals surface area contributed by atoms with Gasteiger partial charge in [-0.05, 0) is 25.2 Å². The van der Waals surface area contributed by atoms with Crippen LogP contribution in [-0.4, -0.2) is 42.9 Å². The molecule has 0 aromatic rings. The molecule has 2 amide bonds. The van der Waals surface area contributed by atoms with Crippen LogP contribution in [0.3, 0.4) is 0 Å². The number of aliphatic carboxylic acids is 1. The molecule has 6 heteroatoms. The van der Waals surface area contributed by atoms with Crippen LogP contribution in [0.5, 0.6) is 0 Å². The molecule has 0 aromatic carbocycles. The highest BCUT2D eigenvalue weighted by molar-refractivity contribution is 5.78. The van der Waals surface area contributed by atoms with E-state index in [1.165, 1.54) is 0 Å². The van der Waals surface area contributed by atoms with Crippen molar-refractivity contribution in [1.29, 1.82) is 0 Å². The van der Waals surface area contributed by atoms with E-state index in [0.29, 0.717) is 32.0 Å². The van der Waals surface area contributed by atoms with E-state index in [2.05, 4.69) is 10.6 Å². The third-order valence-corrected chi connectivity index (χ3v) is 4.05. The number of carbonyl (C=O) groups is 2. The third kappa shape index (κ3) is 4.37. The molecular weight excluding hydrogens is 260 g/mol. The van der Waals surface area contributed by atoms with E-state index in [0.717, 1.165) is 6.42 Å². The molecular formula is C14H26N2O4. The molecule has 0 saturated carbocycles. The number of hydrogen-bond acceptors (Lipinski definition) is 3. The number of rotatable bonds is 6. The molecule has 1 atom stereocenters. The highest BCUT2D eigenvalue weighted by Gasteiger charge is 2.40. The number of nitrogens with one attached hydrogen (secondary N) is 2. The molecule has 1 unspecified atom stereocenters. The lowest BCUT2D eigenvalue weighted by Crippen LogP contribution is -2.51. The van der Waals surface area contributed by atoms with Gasteiger partial charge in [-0.3, -0.25) is 4.79 Å². The smallest absolute Gasteiger partial charge is 0.315 e. The molecule has 0 aromatic heterocycles. The van der Waals surface area contributed by atoms with E-state index in [4.69, 9.17) is 4.74 Å². The highest BCUT2D eigenvalue weighted by Crippen LogP contribution is 2.30. The first-order valence-corrected chi connectivity index (χ1v) is 7.27. The fourth-order valence-corrected chi connectivity index (χ4v) is 2.44. The van der Waals surface area contributed by atoms with E-state index >= 15 is 0 Å². The van der Waals surface area contributed by atoms with Crippen molar-refractivity contribution in [2.24, 2.45) is 11.3 Å². The fraction of sp³-hybridized carbons (Fsp3) is 0.857. The SMILES string of the molecule is CCC(NC(=O)NCC1(C(=O)O)CCOCC1)C(C)C. The summed E-state index contributed by atoms with van der Waals surface area (Å²) < 4.78 is 5.20. The van der Waals surface area contributed by atoms with Gasteiger partial charge in [-0.2, -0.15) is 0 Å². The summed E-state index contributed by atoms with van der Waals surface area (Å²) >= 11 is 0. The van der Waals surface area contributed by atoms with Gasteiger partial charge in [-0.1, -0.05) is 20.8 Å². The summed E-state index contributed by atoms with van der Waals surface area (Å²) in [7, 11) is 0. The first kappa shape index (κ1) is 16.8. The molecule has 1 fully saturated rings. The van der Waals surface area contributed by atoms with E-state index in [1.54, 1.807) is 0 Å². The predicted octanol–water partition coefficient (Wildman–Crippen LogP) is 1.60. The molecule has 1 aliphatic heterocycles. The molecule has 1 heterocycles. The number of carboxylic acids is 1. The third-order valence-electron chi connectivity index (χ3n) is 4.05. The topological polar surface area (TPSA) is 87.7 Å². The van der Waals surface area contributed by atoms with Gasteiger partial charge in [-0.15, -0.1) is 0 Å². The van der Waals surface area contributed by atoms with Crippen LogP contribution in [0.25, 0.3) is 0 Å². The second kappa shape index (κ2) is 7.47. The minimum atomic E-state index is -0.894. The molecule has 0 spiro atoms. The van der Waals surface area contributed by atoms with Crippen LogP contribution in [0.15, 0.2) is 0 Å². The fourth-order valence-electron chi connectivity index (χ4n) is 2.44. The molecule has 20 heavy (non-hydrogen) atoms. The first-order chi connectivity index (χ1) is 9.41. The molecule has 1 saturated heterocycles. The van der Waals surface area contributed by atoms with Gasteiger partial charge in [0.15, 0.2) is 0 Å². The van der Waals surface area contributed by atoms with Crippen LogP contribution >= 0.6 is 0 Å². The Hall–Kier alpha value is -1.30. The number of hydrogen-bond donors (Lipinski definition) is 3. The molecule has 0 aliphatic carbocycles. The maximum atomic E-state index is 11.9. The van der Waals surface area contributed by atoms with E-state index in [1.807, 2.05) is 20.8 Å². The van der Waals surface area contributed by atoms with Crippen molar-refractivity contribution in [2.45, 2.75) is 46.1 Å². The minimum Gasteiger partial charge on any atom is -0.481 e. The van der Waals surface area contributed by atoms with Gasteiger partial charge >= 0.3 is 12.0 Å². The summed E-state index contributed by atoms with van der Waals surface area (Å²) in [5, 5.41) is 15.0. The van der Waals surface area contributed by atoms with Crippen molar-refractivity contribution in [1.82, 2.24) is 10.6 Å². The van der Waals surface area contributed by atoms with Gasteiger partial charge < -0.3 is 20.5 Å². The van der Waals surface area contributed by atoms with Crippen LogP contribution in [0.1, 0.15) is 40.0 Å². The molecule has 6 nitrogen and oxygen atoms in total. The number of urea groups is 1. The summed E-state index contributed by atoms with van der Waals surface area (Å²) in [5.41, 5.74) is -0.894. The summed E-state index contributed by atoms with van der Waals surface area (Å²) in [4.78, 5) is 23.3. The summed E-state index contributed by atoms with van der Waals surface area (Å²) in [6.45, 7) is 7.11. The quantitative estimate of drug-likeness (QED) is 0.692. The van der Waals surface area contributed by atoms with Crippen molar-refractivity contribution in [3.63, 3.8) is 0 Å². The van der Waals surface area contributed by atoms with Gasteiger partial charge in [-0.25, -0.2) is 4.79 Å². The van der Waals surface area contributed by atoms with Crippen molar-refractivity contribution in [3.05, 3.63) is 0 Å². The number of ether oxygens (including phenoxy) is 1. The zero-order valence-corrected chi connectivity index (χ0v) is 12.6. The molecule has 0 radical (unpaired) electrons. The van der Waals surface area contributed by atoms with Crippen LogP contribution in [0.4, 0.5) is 4.79 Å². The Morgan fingerprint density at radius 1 is 1.30 bits per heavy atom. The highest BCUT2D eigenvalue weighted by atomic mass is 16.5. The normalized spacial score (nSPS) is 19.4. The molecule has 1 rings (SSSR count). The number of carbonyl (C=O) groups excluding carboxylic acids is 1. The molecule has 0 bridgehead atoms. The lowest BCUT2D eigenvalue weighted by atomic mass is 9.80. The minimum absolute atomic E-state index is 0.102. The van der Waals surface area contributed by atoms with Gasteiger partial charge in [0.05, 0.1) is 5.41 Å². The van der Waals surface area contributed by atoms with Crippen molar-refractivity contribution in [2.75, 3.05) is 19.8 Å². The van der Waals surface area contributed by atoms with Gasteiger partial charge in [0.1, 0.15) is 0 Å². The van der Waals surface area contributed by atoms with Crippen LogP contribution in [-0.2, 0) is 9.53 Å². The Morgan fingerprint density at radius 2 is 1.90 bits per heavy atom. The average molecular weight is 286 g/mol. The van der Waals surface area contributed by atoms with Crippen molar-refractivity contribution >= 4 is 12.0 Å². The predicted molar refractivity (Wildman–Crippen MR) is 75.6 cm³/mol. The van der Waals surface area contributed by atoms with Crippen molar-refractivity contribution in [3.8, 4) is 0 Å². The summed E-state index contributed by atoms with van der Waals surface area (Å²) in [5.74, 6) is -0.515. The monoisotopic (exact) mass is 286 g/mol. The molecule has 3 N–H and O–H groups in total. The number of amides is 2. The Labute approximate surface area is 120 Å². The Kier molecular flexibility index (Phi) is 6.26. The van der Waals surface area contributed by atoms with Crippen molar-refractivity contribution < 1.29 is 19.4 Å². The first-order valence-electron chi connectivity index (χ1n) is 7.27. The van der Waals surface area contributed by atoms with Crippen LogP contribution in [0, 0.1) is 11.3 Å². The van der Waals surface area contributed by atoms with Crippen LogP contribution < -0.4 is 10.6 Å². The zero-order valence-electron chi connectivity index (χ0n) is 12.6. The van der Waals surface area contributed by atoms with E-state index in [-0.39, 0.29) is 18.6 Å². The van der Waals surface area contributed by atoms with Gasteiger partial charge in [0.2, 0.25) is 0 Å². The summed E-state index contributed by atoms with van der Waals surface area (Å²) in [6, 6.07) is -0.192. The van der Waals surface area contributed by atoms with Gasteiger partial charge in [0.25, 0.3) is 0 Å². The Bertz CT molecular complexity index is 338. The maximum absolute atomic E-state index is 11.9. The van der Waals surface area contributed by atoms with Crippen LogP contribution in [0.2, 0.25) is 0 Å². The second-order valence-corrected chi connectivity index (χ2v) is 5.78. The average Bonchev–Trinajstić information content (AvgIpc) is 2.43. The van der Waals surface area contributed by atoms with E-state index in [9.17, 15) is 14.7 Å².